The van der Waals surface area contributed by atoms with Gasteiger partial charge in [-0.2, -0.15) is 0 Å². The van der Waals surface area contributed by atoms with E-state index < -0.39 is 0 Å². The van der Waals surface area contributed by atoms with Crippen LogP contribution in [-0.4, -0.2) is 30.1 Å². The van der Waals surface area contributed by atoms with Crippen molar-refractivity contribution < 1.29 is 0 Å². The van der Waals surface area contributed by atoms with E-state index in [-0.39, 0.29) is 0 Å². The molecule has 1 aliphatic heterocycles. The number of piperidine rings is 1. The van der Waals surface area contributed by atoms with Gasteiger partial charge in [-0.1, -0.05) is 35.3 Å². The van der Waals surface area contributed by atoms with E-state index in [1.54, 1.807) is 0 Å². The standard InChI is InChI=1S/C15H22Cl2N2/c1-11(2)19-8-6-13(7-9-19)18-10-12-4-3-5-14(16)15(12)17/h3-5,11,13,18H,6-10H2,1-2H3. The molecule has 106 valence electrons. The van der Waals surface area contributed by atoms with Gasteiger partial charge in [-0.3, -0.25) is 0 Å². The summed E-state index contributed by atoms with van der Waals surface area (Å²) in [5.41, 5.74) is 1.08. The van der Waals surface area contributed by atoms with Crippen molar-refractivity contribution >= 4 is 23.2 Å². The van der Waals surface area contributed by atoms with Gasteiger partial charge < -0.3 is 10.2 Å². The van der Waals surface area contributed by atoms with Crippen LogP contribution in [0.5, 0.6) is 0 Å². The highest BCUT2D eigenvalue weighted by molar-refractivity contribution is 6.42. The number of hydrogen-bond acceptors (Lipinski definition) is 2. The molecule has 4 heteroatoms. The Morgan fingerprint density at radius 3 is 2.58 bits per heavy atom. The van der Waals surface area contributed by atoms with Crippen LogP contribution >= 0.6 is 23.2 Å². The maximum Gasteiger partial charge on any atom is 0.0637 e. The van der Waals surface area contributed by atoms with Crippen molar-refractivity contribution in [3.63, 3.8) is 0 Å². The second-order valence-corrected chi connectivity index (χ2v) is 6.28. The molecule has 0 aromatic heterocycles. The summed E-state index contributed by atoms with van der Waals surface area (Å²) in [6, 6.07) is 7.05. The molecule has 0 unspecified atom stereocenters. The van der Waals surface area contributed by atoms with Gasteiger partial charge in [0.2, 0.25) is 0 Å². The van der Waals surface area contributed by atoms with E-state index in [1.807, 2.05) is 18.2 Å². The Balaban J connectivity index is 1.82. The minimum atomic E-state index is 0.588. The van der Waals surface area contributed by atoms with E-state index in [4.69, 9.17) is 23.2 Å². The van der Waals surface area contributed by atoms with Gasteiger partial charge in [0, 0.05) is 18.6 Å². The van der Waals surface area contributed by atoms with Crippen LogP contribution in [0.25, 0.3) is 0 Å². The molecule has 0 aliphatic carbocycles. The number of nitrogens with zero attached hydrogens (tertiary/aromatic N) is 1. The van der Waals surface area contributed by atoms with Crippen molar-refractivity contribution in [2.24, 2.45) is 0 Å². The van der Waals surface area contributed by atoms with Crippen LogP contribution in [-0.2, 0) is 6.54 Å². The first-order valence-corrected chi connectivity index (χ1v) is 7.74. The third kappa shape index (κ3) is 4.09. The van der Waals surface area contributed by atoms with Gasteiger partial charge in [-0.25, -0.2) is 0 Å². The number of halogens is 2. The fraction of sp³-hybridized carbons (Fsp3) is 0.600. The smallest absolute Gasteiger partial charge is 0.0637 e. The zero-order valence-electron chi connectivity index (χ0n) is 11.6. The van der Waals surface area contributed by atoms with E-state index >= 15 is 0 Å². The van der Waals surface area contributed by atoms with Crippen molar-refractivity contribution in [2.45, 2.75) is 45.3 Å². The number of hydrogen-bond donors (Lipinski definition) is 1. The maximum absolute atomic E-state index is 6.20. The minimum Gasteiger partial charge on any atom is -0.310 e. The summed E-state index contributed by atoms with van der Waals surface area (Å²) < 4.78 is 0. The van der Waals surface area contributed by atoms with E-state index in [0.717, 1.165) is 12.1 Å². The average molecular weight is 301 g/mol. The van der Waals surface area contributed by atoms with Crippen LogP contribution in [0.2, 0.25) is 10.0 Å². The predicted molar refractivity (Wildman–Crippen MR) is 83.0 cm³/mol. The van der Waals surface area contributed by atoms with E-state index in [0.29, 0.717) is 22.1 Å². The topological polar surface area (TPSA) is 15.3 Å². The molecule has 2 nitrogen and oxygen atoms in total. The molecule has 1 aromatic carbocycles. The number of likely N-dealkylation sites (tertiary alicyclic amines) is 1. The second kappa shape index (κ2) is 6.94. The van der Waals surface area contributed by atoms with Gasteiger partial charge in [-0.15, -0.1) is 0 Å². The third-order valence-corrected chi connectivity index (χ3v) is 4.73. The predicted octanol–water partition coefficient (Wildman–Crippen LogP) is 3.96. The van der Waals surface area contributed by atoms with E-state index in [2.05, 4.69) is 24.1 Å². The highest BCUT2D eigenvalue weighted by Gasteiger charge is 2.20. The first kappa shape index (κ1) is 15.1. The van der Waals surface area contributed by atoms with Crippen molar-refractivity contribution in [1.29, 1.82) is 0 Å². The number of rotatable bonds is 4. The van der Waals surface area contributed by atoms with E-state index in [1.165, 1.54) is 25.9 Å². The minimum absolute atomic E-state index is 0.588. The molecule has 1 heterocycles. The Morgan fingerprint density at radius 2 is 1.95 bits per heavy atom. The third-order valence-electron chi connectivity index (χ3n) is 3.87. The summed E-state index contributed by atoms with van der Waals surface area (Å²) in [5, 5.41) is 4.91. The molecule has 1 aliphatic rings. The average Bonchev–Trinajstić information content (AvgIpc) is 2.41. The second-order valence-electron chi connectivity index (χ2n) is 5.50. The molecule has 1 fully saturated rings. The Hall–Kier alpha value is -0.280. The lowest BCUT2D eigenvalue weighted by Crippen LogP contribution is -2.44. The number of nitrogens with one attached hydrogen (secondary N) is 1. The molecular weight excluding hydrogens is 279 g/mol. The molecule has 0 bridgehead atoms. The zero-order valence-corrected chi connectivity index (χ0v) is 13.1. The molecule has 0 radical (unpaired) electrons. The van der Waals surface area contributed by atoms with Gasteiger partial charge in [0.15, 0.2) is 0 Å². The maximum atomic E-state index is 6.20. The van der Waals surface area contributed by atoms with Gasteiger partial charge in [0.05, 0.1) is 10.0 Å². The Bertz CT molecular complexity index is 413. The van der Waals surface area contributed by atoms with Crippen molar-refractivity contribution in [3.05, 3.63) is 33.8 Å². The Kier molecular flexibility index (Phi) is 5.52. The van der Waals surface area contributed by atoms with Crippen LogP contribution in [0.3, 0.4) is 0 Å². The molecule has 1 aromatic rings. The van der Waals surface area contributed by atoms with Gasteiger partial charge in [0.25, 0.3) is 0 Å². The van der Waals surface area contributed by atoms with Crippen molar-refractivity contribution in [2.75, 3.05) is 13.1 Å². The summed E-state index contributed by atoms with van der Waals surface area (Å²) in [6.07, 6.45) is 2.41. The van der Waals surface area contributed by atoms with Crippen LogP contribution in [0.15, 0.2) is 18.2 Å². The molecule has 2 rings (SSSR count). The van der Waals surface area contributed by atoms with Gasteiger partial charge >= 0.3 is 0 Å². The summed E-state index contributed by atoms with van der Waals surface area (Å²) in [7, 11) is 0. The van der Waals surface area contributed by atoms with Crippen LogP contribution in [0, 0.1) is 0 Å². The molecule has 0 amide bonds. The highest BCUT2D eigenvalue weighted by Crippen LogP contribution is 2.25. The lowest BCUT2D eigenvalue weighted by Gasteiger charge is -2.35. The summed E-state index contributed by atoms with van der Waals surface area (Å²) >= 11 is 12.2. The summed E-state index contributed by atoms with van der Waals surface area (Å²) in [4.78, 5) is 2.53. The fourth-order valence-corrected chi connectivity index (χ4v) is 2.95. The first-order chi connectivity index (χ1) is 9.08. The lowest BCUT2D eigenvalue weighted by atomic mass is 10.0. The summed E-state index contributed by atoms with van der Waals surface area (Å²) in [5.74, 6) is 0. The molecule has 19 heavy (non-hydrogen) atoms. The quantitative estimate of drug-likeness (QED) is 0.905. The molecule has 1 N–H and O–H groups in total. The van der Waals surface area contributed by atoms with Gasteiger partial charge in [-0.05, 0) is 51.4 Å². The van der Waals surface area contributed by atoms with Crippen LogP contribution in [0.4, 0.5) is 0 Å². The monoisotopic (exact) mass is 300 g/mol. The lowest BCUT2D eigenvalue weighted by molar-refractivity contribution is 0.161. The molecular formula is C15H22Cl2N2. The van der Waals surface area contributed by atoms with Crippen LogP contribution < -0.4 is 5.32 Å². The van der Waals surface area contributed by atoms with Crippen molar-refractivity contribution in [1.82, 2.24) is 10.2 Å². The molecule has 1 saturated heterocycles. The highest BCUT2D eigenvalue weighted by atomic mass is 35.5. The largest absolute Gasteiger partial charge is 0.310 e. The van der Waals surface area contributed by atoms with Gasteiger partial charge in [0.1, 0.15) is 0 Å². The zero-order chi connectivity index (χ0) is 13.8. The normalized spacial score (nSPS) is 18.2. The fourth-order valence-electron chi connectivity index (χ4n) is 2.56. The molecule has 0 spiro atoms. The molecule has 0 atom stereocenters. The van der Waals surface area contributed by atoms with E-state index in [9.17, 15) is 0 Å². The number of benzene rings is 1. The van der Waals surface area contributed by atoms with Crippen LogP contribution in [0.1, 0.15) is 32.3 Å². The molecule has 0 saturated carbocycles. The Morgan fingerprint density at radius 1 is 1.26 bits per heavy atom. The Labute approximate surface area is 126 Å². The SMILES string of the molecule is CC(C)N1CCC(NCc2cccc(Cl)c2Cl)CC1. The first-order valence-electron chi connectivity index (χ1n) is 6.98. The van der Waals surface area contributed by atoms with Crippen molar-refractivity contribution in [3.8, 4) is 0 Å². The summed E-state index contributed by atoms with van der Waals surface area (Å²) in [6.45, 7) is 7.68.